The summed E-state index contributed by atoms with van der Waals surface area (Å²) in [6.07, 6.45) is 0. The Balaban J connectivity index is 1.33. The number of para-hydroxylation sites is 1. The van der Waals surface area contributed by atoms with E-state index < -0.39 is 0 Å². The number of nitrogens with zero attached hydrogens (tertiary/aromatic N) is 4. The van der Waals surface area contributed by atoms with Crippen LogP contribution in [0.1, 0.15) is 0 Å². The lowest BCUT2D eigenvalue weighted by atomic mass is 9.95. The largest absolute Gasteiger partial charge is 0.308 e. The highest BCUT2D eigenvalue weighted by Gasteiger charge is 2.26. The van der Waals surface area contributed by atoms with Crippen LogP contribution >= 0.6 is 0 Å². The van der Waals surface area contributed by atoms with Crippen LogP contribution < -0.4 is 0 Å². The molecule has 248 valence electrons. The second kappa shape index (κ2) is 10.2. The van der Waals surface area contributed by atoms with Crippen LogP contribution in [0.3, 0.4) is 0 Å². The predicted molar refractivity (Wildman–Crippen MR) is 226 cm³/mol. The van der Waals surface area contributed by atoms with Crippen molar-refractivity contribution in [3.8, 4) is 17.2 Å². The zero-order valence-electron chi connectivity index (χ0n) is 29.0. The summed E-state index contributed by atoms with van der Waals surface area (Å²) in [5.41, 5.74) is 8.76. The molecule has 4 heterocycles. The molecular formula is C50H28N4. The summed E-state index contributed by atoms with van der Waals surface area (Å²) in [6, 6.07) is 61.6. The minimum atomic E-state index is 0.664. The van der Waals surface area contributed by atoms with Gasteiger partial charge in [0.1, 0.15) is 0 Å². The molecule has 9 aromatic carbocycles. The molecule has 4 nitrogen and oxygen atoms in total. The Kier molecular flexibility index (Phi) is 5.34. The fourth-order valence-electron chi connectivity index (χ4n) is 9.61. The molecule has 0 atom stereocenters. The number of hydrogen-bond donors (Lipinski definition) is 0. The number of hydrogen-bond acceptors (Lipinski definition) is 2. The van der Waals surface area contributed by atoms with E-state index in [-0.39, 0.29) is 0 Å². The molecule has 0 bridgehead atoms. The number of aromatic nitrogens is 4. The quantitative estimate of drug-likeness (QED) is 0.170. The summed E-state index contributed by atoms with van der Waals surface area (Å²) in [5.74, 6) is 0.664. The van der Waals surface area contributed by atoms with Gasteiger partial charge in [-0.1, -0.05) is 133 Å². The van der Waals surface area contributed by atoms with Crippen LogP contribution in [0.15, 0.2) is 170 Å². The lowest BCUT2D eigenvalue weighted by Crippen LogP contribution is -2.04. The summed E-state index contributed by atoms with van der Waals surface area (Å²) in [7, 11) is 0. The molecule has 4 aromatic heterocycles. The molecule has 13 rings (SSSR count). The van der Waals surface area contributed by atoms with Crippen molar-refractivity contribution < 1.29 is 0 Å². The molecule has 0 fully saturated rings. The summed E-state index contributed by atoms with van der Waals surface area (Å²) in [6.45, 7) is 0. The van der Waals surface area contributed by atoms with Gasteiger partial charge in [-0.2, -0.15) is 0 Å². The van der Waals surface area contributed by atoms with Gasteiger partial charge in [0.25, 0.3) is 0 Å². The van der Waals surface area contributed by atoms with Gasteiger partial charge in [-0.15, -0.1) is 0 Å². The van der Waals surface area contributed by atoms with Gasteiger partial charge in [0.15, 0.2) is 0 Å². The molecule has 0 aliphatic carbocycles. The third-order valence-corrected chi connectivity index (χ3v) is 11.8. The Bertz CT molecular complexity index is 3720. The van der Waals surface area contributed by atoms with E-state index in [1.54, 1.807) is 0 Å². The molecule has 0 aliphatic rings. The number of rotatable bonds is 2. The van der Waals surface area contributed by atoms with Gasteiger partial charge in [-0.3, -0.25) is 4.57 Å². The van der Waals surface area contributed by atoms with Crippen LogP contribution in [0, 0.1) is 0 Å². The van der Waals surface area contributed by atoms with Crippen molar-refractivity contribution in [1.29, 1.82) is 0 Å². The SMILES string of the molecule is c1ccc(-c2nc(-n3c4cccc5c4c4c(cc6ccccc6c43)c3c4ccccc4cc4c6ccccc6n5c43)nc3ccc4ccccc4c23)cc1. The first kappa shape index (κ1) is 28.3. The van der Waals surface area contributed by atoms with E-state index in [9.17, 15) is 0 Å². The lowest BCUT2D eigenvalue weighted by molar-refractivity contribution is 1.02. The zero-order chi connectivity index (χ0) is 35.1. The molecule has 0 N–H and O–H groups in total. The Morgan fingerprint density at radius 2 is 0.981 bits per heavy atom. The normalized spacial score (nSPS) is 12.4. The molecule has 0 spiro atoms. The third kappa shape index (κ3) is 3.52. The van der Waals surface area contributed by atoms with E-state index in [4.69, 9.17) is 9.97 Å². The second-order valence-corrected chi connectivity index (χ2v) is 14.5. The highest BCUT2D eigenvalue weighted by molar-refractivity contribution is 6.38. The van der Waals surface area contributed by atoms with Gasteiger partial charge in [0.2, 0.25) is 5.95 Å². The third-order valence-electron chi connectivity index (χ3n) is 11.8. The second-order valence-electron chi connectivity index (χ2n) is 14.5. The standard InChI is InChI=1S/C50H28N4/c1-2-14-30(15-3-1)47-44-33-18-7-4-13-29(33)25-26-39(44)51-50(52-47)54-42-24-12-23-41-46(42)45-38(28-32-17-6-9-20-35(32)48(45)54)43-34-19-8-5-16-31(34)27-37-36-21-10-11-22-40(36)53(41)49(37)43/h1-28H. The monoisotopic (exact) mass is 684 g/mol. The Morgan fingerprint density at radius 3 is 1.81 bits per heavy atom. The highest BCUT2D eigenvalue weighted by Crippen LogP contribution is 2.48. The lowest BCUT2D eigenvalue weighted by Gasteiger charge is -2.15. The average Bonchev–Trinajstić information content (AvgIpc) is 3.72. The van der Waals surface area contributed by atoms with Crippen LogP contribution in [0.4, 0.5) is 0 Å². The fourth-order valence-corrected chi connectivity index (χ4v) is 9.61. The molecule has 0 radical (unpaired) electrons. The topological polar surface area (TPSA) is 35.1 Å². The minimum Gasteiger partial charge on any atom is -0.308 e. The molecule has 13 aromatic rings. The molecular weight excluding hydrogens is 657 g/mol. The van der Waals surface area contributed by atoms with Crippen molar-refractivity contribution >= 4 is 103 Å². The summed E-state index contributed by atoms with van der Waals surface area (Å²) in [5, 5.41) is 15.7. The van der Waals surface area contributed by atoms with Crippen molar-refractivity contribution in [1.82, 2.24) is 18.9 Å². The van der Waals surface area contributed by atoms with Crippen LogP contribution in [0.25, 0.3) is 120 Å². The molecule has 0 saturated carbocycles. The van der Waals surface area contributed by atoms with Gasteiger partial charge in [0.05, 0.1) is 38.8 Å². The average molecular weight is 685 g/mol. The van der Waals surface area contributed by atoms with E-state index >= 15 is 0 Å². The van der Waals surface area contributed by atoms with Gasteiger partial charge in [0, 0.05) is 43.3 Å². The Labute approximate surface area is 308 Å². The molecule has 4 heteroatoms. The fraction of sp³-hybridized carbons (Fsp3) is 0. The van der Waals surface area contributed by atoms with E-state index in [0.717, 1.165) is 38.6 Å². The minimum absolute atomic E-state index is 0.664. The van der Waals surface area contributed by atoms with E-state index in [2.05, 4.69) is 179 Å². The molecule has 54 heavy (non-hydrogen) atoms. The maximum atomic E-state index is 5.59. The summed E-state index contributed by atoms with van der Waals surface area (Å²) in [4.78, 5) is 11.1. The maximum absolute atomic E-state index is 5.59. The smallest absolute Gasteiger partial charge is 0.235 e. The number of fused-ring (bicyclic) bond motifs is 12. The van der Waals surface area contributed by atoms with E-state index in [1.807, 2.05) is 0 Å². The van der Waals surface area contributed by atoms with E-state index in [0.29, 0.717) is 5.95 Å². The van der Waals surface area contributed by atoms with Crippen LogP contribution in [0.5, 0.6) is 0 Å². The maximum Gasteiger partial charge on any atom is 0.235 e. The Morgan fingerprint density at radius 1 is 0.352 bits per heavy atom. The molecule has 0 saturated heterocycles. The van der Waals surface area contributed by atoms with E-state index in [1.165, 1.54) is 75.8 Å². The highest BCUT2D eigenvalue weighted by atomic mass is 15.2. The van der Waals surface area contributed by atoms with Crippen molar-refractivity contribution in [3.63, 3.8) is 0 Å². The van der Waals surface area contributed by atoms with Crippen LogP contribution in [-0.2, 0) is 0 Å². The van der Waals surface area contributed by atoms with Crippen molar-refractivity contribution in [2.75, 3.05) is 0 Å². The Hall–Kier alpha value is -7.30. The van der Waals surface area contributed by atoms with Crippen molar-refractivity contribution in [2.45, 2.75) is 0 Å². The molecule has 0 amide bonds. The number of benzene rings is 9. The van der Waals surface area contributed by atoms with Crippen molar-refractivity contribution in [2.24, 2.45) is 0 Å². The summed E-state index contributed by atoms with van der Waals surface area (Å²) >= 11 is 0. The van der Waals surface area contributed by atoms with Crippen LogP contribution in [0.2, 0.25) is 0 Å². The summed E-state index contributed by atoms with van der Waals surface area (Å²) < 4.78 is 4.87. The van der Waals surface area contributed by atoms with Gasteiger partial charge in [-0.05, 0) is 68.7 Å². The molecule has 0 aliphatic heterocycles. The molecule has 0 unspecified atom stereocenters. The first-order chi connectivity index (χ1) is 26.8. The van der Waals surface area contributed by atoms with Crippen molar-refractivity contribution in [3.05, 3.63) is 170 Å². The van der Waals surface area contributed by atoms with Gasteiger partial charge >= 0.3 is 0 Å². The first-order valence-corrected chi connectivity index (χ1v) is 18.5. The van der Waals surface area contributed by atoms with Crippen LogP contribution in [-0.4, -0.2) is 18.9 Å². The van der Waals surface area contributed by atoms with Gasteiger partial charge < -0.3 is 4.40 Å². The zero-order valence-corrected chi connectivity index (χ0v) is 29.0. The van der Waals surface area contributed by atoms with Gasteiger partial charge in [-0.25, -0.2) is 9.97 Å². The predicted octanol–water partition coefficient (Wildman–Crippen LogP) is 13.0. The first-order valence-electron chi connectivity index (χ1n) is 18.5.